The van der Waals surface area contributed by atoms with Gasteiger partial charge in [-0.2, -0.15) is 0 Å². The molecule has 7 nitrogen and oxygen atoms in total. The van der Waals surface area contributed by atoms with E-state index in [1.807, 2.05) is 39.0 Å². The molecule has 8 heteroatoms. The largest absolute Gasteiger partial charge is 0.496 e. The molecule has 3 aromatic rings. The zero-order valence-corrected chi connectivity index (χ0v) is 24.4. The standard InChI is InChI=1S/C31H35ClN2O5/c1-19-12-14-23(15-13-19)27(32)39-30(37)33(29(36)25-10-9-11-26(38-8)22(25)4)34(31(5,6)7)28(35)24-17-20(2)16-21(3)18-24/h9-18,27H,1-8H3. The van der Waals surface area contributed by atoms with Crippen LogP contribution in [0.25, 0.3) is 0 Å². The first-order valence-corrected chi connectivity index (χ1v) is 13.0. The van der Waals surface area contributed by atoms with E-state index in [2.05, 4.69) is 0 Å². The Morgan fingerprint density at radius 2 is 1.41 bits per heavy atom. The molecule has 0 aromatic heterocycles. The lowest BCUT2D eigenvalue weighted by molar-refractivity contribution is -0.0420. The lowest BCUT2D eigenvalue weighted by Gasteiger charge is -2.41. The minimum atomic E-state index is -1.20. The van der Waals surface area contributed by atoms with Gasteiger partial charge in [-0.25, -0.2) is 9.80 Å². The van der Waals surface area contributed by atoms with Gasteiger partial charge in [0, 0.05) is 22.3 Å². The van der Waals surface area contributed by atoms with E-state index in [1.165, 1.54) is 7.11 Å². The molecule has 0 saturated heterocycles. The Hall–Kier alpha value is -3.84. The monoisotopic (exact) mass is 550 g/mol. The van der Waals surface area contributed by atoms with Gasteiger partial charge in [0.15, 0.2) is 0 Å². The maximum Gasteiger partial charge on any atom is 0.438 e. The number of hydrazine groups is 1. The molecule has 3 amide bonds. The molecule has 0 aliphatic heterocycles. The summed E-state index contributed by atoms with van der Waals surface area (Å²) >= 11 is 6.48. The number of nitrogens with zero attached hydrogens (tertiary/aromatic N) is 2. The van der Waals surface area contributed by atoms with Crippen molar-refractivity contribution in [1.29, 1.82) is 0 Å². The zero-order valence-electron chi connectivity index (χ0n) is 23.7. The van der Waals surface area contributed by atoms with Gasteiger partial charge in [-0.3, -0.25) is 9.59 Å². The molecule has 0 heterocycles. The van der Waals surface area contributed by atoms with E-state index in [9.17, 15) is 14.4 Å². The summed E-state index contributed by atoms with van der Waals surface area (Å²) in [7, 11) is 1.49. The molecule has 0 N–H and O–H groups in total. The summed E-state index contributed by atoms with van der Waals surface area (Å²) in [6, 6.07) is 17.5. The average molecular weight is 551 g/mol. The quantitative estimate of drug-likeness (QED) is 0.246. The molecule has 0 aliphatic carbocycles. The van der Waals surface area contributed by atoms with E-state index in [1.54, 1.807) is 70.2 Å². The van der Waals surface area contributed by atoms with Crippen LogP contribution in [0.15, 0.2) is 60.7 Å². The number of hydrogen-bond acceptors (Lipinski definition) is 5. The summed E-state index contributed by atoms with van der Waals surface area (Å²) in [5.74, 6) is -0.828. The van der Waals surface area contributed by atoms with Crippen molar-refractivity contribution in [3.63, 3.8) is 0 Å². The summed E-state index contributed by atoms with van der Waals surface area (Å²) in [6.07, 6.45) is -1.09. The highest BCUT2D eigenvalue weighted by Gasteiger charge is 2.42. The first kappa shape index (κ1) is 29.7. The second-order valence-corrected chi connectivity index (χ2v) is 10.9. The second-order valence-electron chi connectivity index (χ2n) is 10.5. The Morgan fingerprint density at radius 3 is 1.95 bits per heavy atom. The third kappa shape index (κ3) is 6.79. The minimum absolute atomic E-state index is 0.176. The van der Waals surface area contributed by atoms with Crippen molar-refractivity contribution in [1.82, 2.24) is 10.0 Å². The Balaban J connectivity index is 2.15. The van der Waals surface area contributed by atoms with E-state index in [4.69, 9.17) is 21.1 Å². The Kier molecular flexibility index (Phi) is 9.07. The van der Waals surface area contributed by atoms with Crippen LogP contribution < -0.4 is 4.74 Å². The first-order valence-electron chi connectivity index (χ1n) is 12.6. The summed E-state index contributed by atoms with van der Waals surface area (Å²) < 4.78 is 11.0. The van der Waals surface area contributed by atoms with Crippen molar-refractivity contribution in [2.45, 2.75) is 59.6 Å². The van der Waals surface area contributed by atoms with Gasteiger partial charge in [-0.05, 0) is 72.7 Å². The van der Waals surface area contributed by atoms with Crippen LogP contribution in [0.2, 0.25) is 0 Å². The summed E-state index contributed by atoms with van der Waals surface area (Å²) in [4.78, 5) is 42.0. The molecule has 0 fully saturated rings. The molecule has 1 atom stereocenters. The molecule has 1 unspecified atom stereocenters. The number of carbonyl (C=O) groups excluding carboxylic acids is 3. The molecule has 39 heavy (non-hydrogen) atoms. The molecule has 0 radical (unpaired) electrons. The fourth-order valence-electron chi connectivity index (χ4n) is 4.28. The van der Waals surface area contributed by atoms with Crippen LogP contribution in [-0.2, 0) is 4.74 Å². The molecule has 3 rings (SSSR count). The fourth-order valence-corrected chi connectivity index (χ4v) is 4.50. The van der Waals surface area contributed by atoms with Crippen molar-refractivity contribution in [3.05, 3.63) is 99.6 Å². The van der Waals surface area contributed by atoms with Crippen molar-refractivity contribution in [2.75, 3.05) is 7.11 Å². The topological polar surface area (TPSA) is 76.2 Å². The van der Waals surface area contributed by atoms with Gasteiger partial charge in [0.2, 0.25) is 5.56 Å². The third-order valence-electron chi connectivity index (χ3n) is 6.14. The number of ether oxygens (including phenoxy) is 2. The Morgan fingerprint density at radius 1 is 0.821 bits per heavy atom. The smallest absolute Gasteiger partial charge is 0.438 e. The van der Waals surface area contributed by atoms with Crippen LogP contribution in [-0.4, -0.2) is 40.6 Å². The second kappa shape index (κ2) is 11.9. The van der Waals surface area contributed by atoms with Crippen LogP contribution in [0.1, 0.15) is 74.9 Å². The highest BCUT2D eigenvalue weighted by atomic mass is 35.5. The van der Waals surface area contributed by atoms with Gasteiger partial charge in [0.1, 0.15) is 5.75 Å². The predicted octanol–water partition coefficient (Wildman–Crippen LogP) is 7.30. The van der Waals surface area contributed by atoms with Gasteiger partial charge in [-0.1, -0.05) is 64.7 Å². The molecular formula is C31H35ClN2O5. The van der Waals surface area contributed by atoms with Gasteiger partial charge >= 0.3 is 6.09 Å². The van der Waals surface area contributed by atoms with Crippen molar-refractivity contribution in [3.8, 4) is 5.75 Å². The van der Waals surface area contributed by atoms with E-state index >= 15 is 0 Å². The lowest BCUT2D eigenvalue weighted by Crippen LogP contribution is -2.60. The number of amides is 3. The van der Waals surface area contributed by atoms with Gasteiger partial charge in [0.05, 0.1) is 12.6 Å². The van der Waals surface area contributed by atoms with E-state index in [0.717, 1.165) is 26.7 Å². The zero-order chi connectivity index (χ0) is 29.1. The predicted molar refractivity (Wildman–Crippen MR) is 152 cm³/mol. The number of aryl methyl sites for hydroxylation is 3. The molecular weight excluding hydrogens is 516 g/mol. The van der Waals surface area contributed by atoms with E-state index in [-0.39, 0.29) is 5.56 Å². The van der Waals surface area contributed by atoms with Crippen LogP contribution >= 0.6 is 11.6 Å². The summed E-state index contributed by atoms with van der Waals surface area (Å²) in [5.41, 5.74) is 2.09. The molecule has 206 valence electrons. The molecule has 3 aromatic carbocycles. The number of imide groups is 1. The van der Waals surface area contributed by atoms with Gasteiger partial charge in [0.25, 0.3) is 11.8 Å². The molecule has 0 spiro atoms. The number of halogens is 1. The normalized spacial score (nSPS) is 11.9. The highest BCUT2D eigenvalue weighted by molar-refractivity contribution is 6.20. The highest BCUT2D eigenvalue weighted by Crippen LogP contribution is 2.30. The van der Waals surface area contributed by atoms with Crippen molar-refractivity contribution in [2.24, 2.45) is 0 Å². The maximum atomic E-state index is 14.1. The first-order chi connectivity index (χ1) is 18.2. The summed E-state index contributed by atoms with van der Waals surface area (Å²) in [5, 5.41) is 1.87. The third-order valence-corrected chi connectivity index (χ3v) is 6.48. The van der Waals surface area contributed by atoms with E-state index < -0.39 is 29.0 Å². The lowest BCUT2D eigenvalue weighted by atomic mass is 10.0. The molecule has 0 aliphatic rings. The number of benzene rings is 3. The maximum absolute atomic E-state index is 14.1. The van der Waals surface area contributed by atoms with Crippen molar-refractivity contribution < 1.29 is 23.9 Å². The molecule has 0 bridgehead atoms. The number of rotatable bonds is 5. The summed E-state index contributed by atoms with van der Waals surface area (Å²) in [6.45, 7) is 12.6. The van der Waals surface area contributed by atoms with Crippen LogP contribution in [0, 0.1) is 27.7 Å². The number of hydrogen-bond donors (Lipinski definition) is 0. The SMILES string of the molecule is COc1cccc(C(=O)N(C(=O)OC(Cl)c2ccc(C)cc2)N(C(=O)c2cc(C)cc(C)c2)C(C)(C)C)c1C. The van der Waals surface area contributed by atoms with Crippen LogP contribution in [0.5, 0.6) is 5.75 Å². The van der Waals surface area contributed by atoms with Crippen LogP contribution in [0.3, 0.4) is 0 Å². The fraction of sp³-hybridized carbons (Fsp3) is 0.323. The van der Waals surface area contributed by atoms with Crippen molar-refractivity contribution >= 4 is 29.5 Å². The number of carbonyl (C=O) groups is 3. The Labute approximate surface area is 235 Å². The average Bonchev–Trinajstić information content (AvgIpc) is 2.85. The molecule has 0 saturated carbocycles. The van der Waals surface area contributed by atoms with Gasteiger partial charge in [-0.15, -0.1) is 5.01 Å². The van der Waals surface area contributed by atoms with Gasteiger partial charge < -0.3 is 9.47 Å². The number of alkyl halides is 1. The minimum Gasteiger partial charge on any atom is -0.496 e. The number of methoxy groups -OCH3 is 1. The Bertz CT molecular complexity index is 1360. The van der Waals surface area contributed by atoms with E-state index in [0.29, 0.717) is 22.4 Å². The van der Waals surface area contributed by atoms with Crippen LogP contribution in [0.4, 0.5) is 4.79 Å².